The van der Waals surface area contributed by atoms with Crippen LogP contribution in [0.5, 0.6) is 0 Å². The molecular formula is C12H23ClN2O. The Bertz CT molecular complexity index is 223. The van der Waals surface area contributed by atoms with Gasteiger partial charge in [0.25, 0.3) is 0 Å². The molecule has 0 aromatic rings. The predicted octanol–water partition coefficient (Wildman–Crippen LogP) is 1.95. The molecule has 4 heteroatoms. The van der Waals surface area contributed by atoms with E-state index in [9.17, 15) is 4.79 Å². The molecule has 0 bridgehead atoms. The highest BCUT2D eigenvalue weighted by molar-refractivity contribution is 6.17. The van der Waals surface area contributed by atoms with E-state index in [4.69, 9.17) is 11.6 Å². The lowest BCUT2D eigenvalue weighted by atomic mass is 10.2. The monoisotopic (exact) mass is 246 g/mol. The molecule has 1 amide bonds. The van der Waals surface area contributed by atoms with Gasteiger partial charge in [-0.2, -0.15) is 0 Å². The number of likely N-dealkylation sites (tertiary alicyclic amines) is 1. The molecule has 0 aromatic heterocycles. The van der Waals surface area contributed by atoms with Crippen molar-refractivity contribution in [3.05, 3.63) is 0 Å². The number of carbonyl (C=O) groups excluding carboxylic acids is 1. The van der Waals surface area contributed by atoms with Crippen LogP contribution in [0, 0.1) is 0 Å². The first kappa shape index (κ1) is 13.8. The smallest absolute Gasteiger partial charge is 0.222 e. The summed E-state index contributed by atoms with van der Waals surface area (Å²) in [6.07, 6.45) is 3.86. The first-order valence-electron chi connectivity index (χ1n) is 6.23. The third kappa shape index (κ3) is 3.95. The van der Waals surface area contributed by atoms with Crippen LogP contribution in [-0.2, 0) is 4.79 Å². The van der Waals surface area contributed by atoms with E-state index in [1.54, 1.807) is 0 Å². The summed E-state index contributed by atoms with van der Waals surface area (Å²) in [4.78, 5) is 16.1. The first-order chi connectivity index (χ1) is 7.69. The second kappa shape index (κ2) is 7.13. The van der Waals surface area contributed by atoms with Crippen LogP contribution in [-0.4, -0.2) is 54.3 Å². The summed E-state index contributed by atoms with van der Waals surface area (Å²) < 4.78 is 0. The number of likely N-dealkylation sites (N-methyl/N-ethyl adjacent to an activating group) is 2. The maximum Gasteiger partial charge on any atom is 0.222 e. The highest BCUT2D eigenvalue weighted by Gasteiger charge is 2.25. The van der Waals surface area contributed by atoms with E-state index in [0.29, 0.717) is 18.3 Å². The Morgan fingerprint density at radius 2 is 2.31 bits per heavy atom. The molecule has 1 saturated heterocycles. The van der Waals surface area contributed by atoms with Gasteiger partial charge >= 0.3 is 0 Å². The van der Waals surface area contributed by atoms with E-state index >= 15 is 0 Å². The van der Waals surface area contributed by atoms with Gasteiger partial charge in [-0.05, 0) is 32.4 Å². The van der Waals surface area contributed by atoms with Crippen LogP contribution in [0.15, 0.2) is 0 Å². The van der Waals surface area contributed by atoms with Crippen molar-refractivity contribution in [2.45, 2.75) is 38.6 Å². The molecule has 0 radical (unpaired) electrons. The molecule has 0 saturated carbocycles. The van der Waals surface area contributed by atoms with Gasteiger partial charge < -0.3 is 4.90 Å². The molecule has 3 nitrogen and oxygen atoms in total. The highest BCUT2D eigenvalue weighted by atomic mass is 35.5. The summed E-state index contributed by atoms with van der Waals surface area (Å²) in [7, 11) is 1.91. The third-order valence-electron chi connectivity index (χ3n) is 3.34. The van der Waals surface area contributed by atoms with Crippen molar-refractivity contribution in [1.82, 2.24) is 9.80 Å². The van der Waals surface area contributed by atoms with E-state index < -0.39 is 0 Å². The molecule has 0 N–H and O–H groups in total. The summed E-state index contributed by atoms with van der Waals surface area (Å²) >= 11 is 5.59. The number of hydrogen-bond acceptors (Lipinski definition) is 2. The SMILES string of the molecule is CCN1CCCC1CN(C)C(=O)CCCCl. The van der Waals surface area contributed by atoms with Crippen molar-refractivity contribution in [3.63, 3.8) is 0 Å². The van der Waals surface area contributed by atoms with Crippen LogP contribution in [0.4, 0.5) is 0 Å². The van der Waals surface area contributed by atoms with Gasteiger partial charge in [0.1, 0.15) is 0 Å². The molecule has 1 atom stereocenters. The number of alkyl halides is 1. The second-order valence-corrected chi connectivity index (χ2v) is 4.87. The van der Waals surface area contributed by atoms with Gasteiger partial charge in [-0.15, -0.1) is 11.6 Å². The Hall–Kier alpha value is -0.280. The lowest BCUT2D eigenvalue weighted by Gasteiger charge is -2.27. The number of amides is 1. The van der Waals surface area contributed by atoms with Crippen molar-refractivity contribution in [3.8, 4) is 0 Å². The topological polar surface area (TPSA) is 23.6 Å². The Morgan fingerprint density at radius 3 is 2.94 bits per heavy atom. The van der Waals surface area contributed by atoms with E-state index in [1.165, 1.54) is 19.4 Å². The van der Waals surface area contributed by atoms with E-state index in [2.05, 4.69) is 11.8 Å². The lowest BCUT2D eigenvalue weighted by molar-refractivity contribution is -0.130. The Labute approximate surface area is 104 Å². The third-order valence-corrected chi connectivity index (χ3v) is 3.61. The molecule has 0 spiro atoms. The minimum absolute atomic E-state index is 0.226. The van der Waals surface area contributed by atoms with Crippen molar-refractivity contribution in [2.24, 2.45) is 0 Å². The van der Waals surface area contributed by atoms with E-state index in [-0.39, 0.29) is 5.91 Å². The zero-order chi connectivity index (χ0) is 12.0. The van der Waals surface area contributed by atoms with Crippen LogP contribution in [0.25, 0.3) is 0 Å². The van der Waals surface area contributed by atoms with Crippen molar-refractivity contribution >= 4 is 17.5 Å². The molecule has 1 rings (SSSR count). The summed E-state index contributed by atoms with van der Waals surface area (Å²) in [5.41, 5.74) is 0. The zero-order valence-electron chi connectivity index (χ0n) is 10.4. The van der Waals surface area contributed by atoms with Crippen LogP contribution in [0.1, 0.15) is 32.6 Å². The molecular weight excluding hydrogens is 224 g/mol. The predicted molar refractivity (Wildman–Crippen MR) is 67.9 cm³/mol. The van der Waals surface area contributed by atoms with Gasteiger partial charge in [0.15, 0.2) is 0 Å². The van der Waals surface area contributed by atoms with Crippen LogP contribution in [0.3, 0.4) is 0 Å². The maximum atomic E-state index is 11.7. The lowest BCUT2D eigenvalue weighted by Crippen LogP contribution is -2.41. The van der Waals surface area contributed by atoms with Gasteiger partial charge in [-0.3, -0.25) is 9.69 Å². The average Bonchev–Trinajstić information content (AvgIpc) is 2.72. The number of rotatable bonds is 6. The number of nitrogens with zero attached hydrogens (tertiary/aromatic N) is 2. The molecule has 1 unspecified atom stereocenters. The summed E-state index contributed by atoms with van der Waals surface area (Å²) in [5, 5.41) is 0. The fraction of sp³-hybridized carbons (Fsp3) is 0.917. The standard InChI is InChI=1S/C12H23ClN2O/c1-3-15-9-5-6-11(15)10-14(2)12(16)7-4-8-13/h11H,3-10H2,1-2H3. The van der Waals surface area contributed by atoms with Crippen LogP contribution < -0.4 is 0 Å². The number of carbonyl (C=O) groups is 1. The minimum atomic E-state index is 0.226. The van der Waals surface area contributed by atoms with Gasteiger partial charge in [-0.25, -0.2) is 0 Å². The van der Waals surface area contributed by atoms with Crippen LogP contribution in [0.2, 0.25) is 0 Å². The summed E-state index contributed by atoms with van der Waals surface area (Å²) in [6, 6.07) is 0.565. The van der Waals surface area contributed by atoms with Gasteiger partial charge in [-0.1, -0.05) is 6.92 Å². The zero-order valence-corrected chi connectivity index (χ0v) is 11.2. The molecule has 0 aliphatic carbocycles. The van der Waals surface area contributed by atoms with Gasteiger partial charge in [0, 0.05) is 31.9 Å². The van der Waals surface area contributed by atoms with Crippen molar-refractivity contribution in [2.75, 3.05) is 32.6 Å². The normalized spacial score (nSPS) is 21.3. The summed E-state index contributed by atoms with van der Waals surface area (Å²) in [6.45, 7) is 5.34. The summed E-state index contributed by atoms with van der Waals surface area (Å²) in [5.74, 6) is 0.799. The largest absolute Gasteiger partial charge is 0.344 e. The molecule has 1 aliphatic rings. The van der Waals surface area contributed by atoms with Crippen molar-refractivity contribution in [1.29, 1.82) is 0 Å². The fourth-order valence-corrected chi connectivity index (χ4v) is 2.48. The average molecular weight is 247 g/mol. The van der Waals surface area contributed by atoms with Gasteiger partial charge in [0.05, 0.1) is 0 Å². The molecule has 1 fully saturated rings. The molecule has 1 heterocycles. The molecule has 16 heavy (non-hydrogen) atoms. The number of hydrogen-bond donors (Lipinski definition) is 0. The van der Waals surface area contributed by atoms with E-state index in [0.717, 1.165) is 19.5 Å². The van der Waals surface area contributed by atoms with Crippen molar-refractivity contribution < 1.29 is 4.79 Å². The maximum absolute atomic E-state index is 11.7. The second-order valence-electron chi connectivity index (χ2n) is 4.49. The highest BCUT2D eigenvalue weighted by Crippen LogP contribution is 2.17. The Morgan fingerprint density at radius 1 is 1.56 bits per heavy atom. The Balaban J connectivity index is 2.32. The first-order valence-corrected chi connectivity index (χ1v) is 6.76. The van der Waals surface area contributed by atoms with Crippen LogP contribution >= 0.6 is 11.6 Å². The van der Waals surface area contributed by atoms with E-state index in [1.807, 2.05) is 11.9 Å². The Kier molecular flexibility index (Phi) is 6.14. The molecule has 1 aliphatic heterocycles. The van der Waals surface area contributed by atoms with Gasteiger partial charge in [0.2, 0.25) is 5.91 Å². The fourth-order valence-electron chi connectivity index (χ4n) is 2.35. The molecule has 94 valence electrons. The minimum Gasteiger partial charge on any atom is -0.344 e. The number of halogens is 1. The molecule has 0 aromatic carbocycles. The quantitative estimate of drug-likeness (QED) is 0.669.